The first-order valence-electron chi connectivity index (χ1n) is 7.69. The smallest absolute Gasteiger partial charge is 0.258 e. The Kier molecular flexibility index (Phi) is 4.68. The zero-order chi connectivity index (χ0) is 17.6. The lowest BCUT2D eigenvalue weighted by Gasteiger charge is -2.03. The first kappa shape index (κ1) is 16.2. The molecular formula is C21H14N2O2. The highest BCUT2D eigenvalue weighted by Crippen LogP contribution is 2.24. The van der Waals surface area contributed by atoms with Crippen molar-refractivity contribution in [3.63, 3.8) is 0 Å². The van der Waals surface area contributed by atoms with E-state index in [-0.39, 0.29) is 5.69 Å². The minimum Gasteiger partial charge on any atom is -0.258 e. The van der Waals surface area contributed by atoms with Crippen molar-refractivity contribution in [2.24, 2.45) is 0 Å². The second-order valence-corrected chi connectivity index (χ2v) is 5.47. The molecule has 0 heterocycles. The van der Waals surface area contributed by atoms with Crippen LogP contribution in [0, 0.1) is 21.4 Å². The van der Waals surface area contributed by atoms with Crippen LogP contribution in [-0.2, 0) is 0 Å². The molecule has 0 spiro atoms. The minimum atomic E-state index is -0.465. The number of nitro benzene ring substituents is 1. The fourth-order valence-corrected chi connectivity index (χ4v) is 2.54. The van der Waals surface area contributed by atoms with E-state index in [0.717, 1.165) is 16.7 Å². The molecule has 3 rings (SSSR count). The van der Waals surface area contributed by atoms with Crippen molar-refractivity contribution in [1.29, 1.82) is 5.26 Å². The summed E-state index contributed by atoms with van der Waals surface area (Å²) in [6, 6.07) is 26.1. The molecule has 0 saturated heterocycles. The third kappa shape index (κ3) is 3.80. The molecule has 25 heavy (non-hydrogen) atoms. The third-order valence-corrected chi connectivity index (χ3v) is 3.82. The van der Waals surface area contributed by atoms with Gasteiger partial charge in [-0.1, -0.05) is 66.7 Å². The van der Waals surface area contributed by atoms with Gasteiger partial charge in [0.05, 0.1) is 16.6 Å². The molecule has 0 N–H and O–H groups in total. The van der Waals surface area contributed by atoms with Crippen LogP contribution in [0.4, 0.5) is 5.69 Å². The second kappa shape index (κ2) is 7.24. The van der Waals surface area contributed by atoms with E-state index in [2.05, 4.69) is 6.07 Å². The Bertz CT molecular complexity index is 969. The molecule has 0 aliphatic rings. The largest absolute Gasteiger partial charge is 0.270 e. The van der Waals surface area contributed by atoms with Crippen LogP contribution in [0.1, 0.15) is 11.1 Å². The molecule has 0 atom stereocenters. The molecule has 0 aromatic heterocycles. The maximum atomic E-state index is 10.9. The number of rotatable bonds is 4. The Hall–Kier alpha value is -3.71. The first-order valence-corrected chi connectivity index (χ1v) is 7.69. The van der Waals surface area contributed by atoms with E-state index in [0.29, 0.717) is 11.1 Å². The van der Waals surface area contributed by atoms with Crippen LogP contribution in [0.25, 0.3) is 22.8 Å². The molecule has 0 unspecified atom stereocenters. The van der Waals surface area contributed by atoms with Gasteiger partial charge in [0.1, 0.15) is 0 Å². The summed E-state index contributed by atoms with van der Waals surface area (Å²) in [5.74, 6) is 0. The van der Waals surface area contributed by atoms with Crippen molar-refractivity contribution in [2.45, 2.75) is 0 Å². The van der Waals surface area contributed by atoms with Gasteiger partial charge in [-0.3, -0.25) is 10.1 Å². The number of allylic oxidation sites excluding steroid dienone is 1. The van der Waals surface area contributed by atoms with Crippen molar-refractivity contribution >= 4 is 17.3 Å². The third-order valence-electron chi connectivity index (χ3n) is 3.82. The van der Waals surface area contributed by atoms with Crippen LogP contribution in [0.2, 0.25) is 0 Å². The lowest BCUT2D eigenvalue weighted by Crippen LogP contribution is -1.89. The lowest BCUT2D eigenvalue weighted by molar-refractivity contribution is -0.384. The van der Waals surface area contributed by atoms with E-state index in [9.17, 15) is 15.4 Å². The fraction of sp³-hybridized carbons (Fsp3) is 0. The van der Waals surface area contributed by atoms with Gasteiger partial charge in [-0.15, -0.1) is 0 Å². The standard InChI is InChI=1S/C21H14N2O2/c22-15-20(19-7-4-8-21(14-19)23(24)25)13-16-9-11-18(12-10-16)17-5-2-1-3-6-17/h1-14H/b20-13+. The van der Waals surface area contributed by atoms with E-state index >= 15 is 0 Å². The molecule has 0 radical (unpaired) electrons. The van der Waals surface area contributed by atoms with Crippen LogP contribution in [0.5, 0.6) is 0 Å². The van der Waals surface area contributed by atoms with Gasteiger partial charge >= 0.3 is 0 Å². The Morgan fingerprint density at radius 1 is 0.920 bits per heavy atom. The highest BCUT2D eigenvalue weighted by atomic mass is 16.6. The zero-order valence-electron chi connectivity index (χ0n) is 13.3. The average molecular weight is 326 g/mol. The van der Waals surface area contributed by atoms with E-state index in [1.165, 1.54) is 12.1 Å². The average Bonchev–Trinajstić information content (AvgIpc) is 2.67. The number of hydrogen-bond donors (Lipinski definition) is 0. The van der Waals surface area contributed by atoms with Crippen LogP contribution in [-0.4, -0.2) is 4.92 Å². The number of nitriles is 1. The van der Waals surface area contributed by atoms with Crippen LogP contribution < -0.4 is 0 Å². The summed E-state index contributed by atoms with van der Waals surface area (Å²) >= 11 is 0. The predicted molar refractivity (Wildman–Crippen MR) is 98.5 cm³/mol. The summed E-state index contributed by atoms with van der Waals surface area (Å²) in [7, 11) is 0. The number of benzene rings is 3. The number of non-ortho nitro benzene ring substituents is 1. The molecule has 0 aliphatic heterocycles. The van der Waals surface area contributed by atoms with Gasteiger partial charge < -0.3 is 0 Å². The summed E-state index contributed by atoms with van der Waals surface area (Å²) in [5.41, 5.74) is 3.96. The Morgan fingerprint density at radius 3 is 2.24 bits per heavy atom. The van der Waals surface area contributed by atoms with Crippen molar-refractivity contribution in [2.75, 3.05) is 0 Å². The normalized spacial score (nSPS) is 10.9. The summed E-state index contributed by atoms with van der Waals surface area (Å²) in [6.45, 7) is 0. The van der Waals surface area contributed by atoms with E-state index < -0.39 is 4.92 Å². The van der Waals surface area contributed by atoms with E-state index in [1.54, 1.807) is 18.2 Å². The molecule has 3 aromatic rings. The SMILES string of the molecule is N#C/C(=C\c1ccc(-c2ccccc2)cc1)c1cccc([N+](=O)[O-])c1. The quantitative estimate of drug-likeness (QED) is 0.282. The van der Waals surface area contributed by atoms with Gasteiger partial charge in [-0.25, -0.2) is 0 Å². The predicted octanol–water partition coefficient (Wildman–Crippen LogP) is 5.33. The fourth-order valence-electron chi connectivity index (χ4n) is 2.54. The zero-order valence-corrected chi connectivity index (χ0v) is 13.3. The van der Waals surface area contributed by atoms with Crippen LogP contribution in [0.3, 0.4) is 0 Å². The molecule has 4 heteroatoms. The highest BCUT2D eigenvalue weighted by molar-refractivity contribution is 5.90. The van der Waals surface area contributed by atoms with Gasteiger partial charge in [0, 0.05) is 12.1 Å². The molecule has 0 aliphatic carbocycles. The summed E-state index contributed by atoms with van der Waals surface area (Å²) in [5, 5.41) is 20.3. The van der Waals surface area contributed by atoms with Crippen molar-refractivity contribution < 1.29 is 4.92 Å². The van der Waals surface area contributed by atoms with Gasteiger partial charge in [0.2, 0.25) is 0 Å². The van der Waals surface area contributed by atoms with Gasteiger partial charge in [0.15, 0.2) is 0 Å². The maximum Gasteiger partial charge on any atom is 0.270 e. The van der Waals surface area contributed by atoms with Crippen LogP contribution >= 0.6 is 0 Å². The van der Waals surface area contributed by atoms with Crippen molar-refractivity contribution in [3.8, 4) is 17.2 Å². The molecule has 0 saturated carbocycles. The number of hydrogen-bond acceptors (Lipinski definition) is 3. The highest BCUT2D eigenvalue weighted by Gasteiger charge is 2.08. The number of nitrogens with zero attached hydrogens (tertiary/aromatic N) is 2. The van der Waals surface area contributed by atoms with Crippen molar-refractivity contribution in [3.05, 3.63) is 100 Å². The van der Waals surface area contributed by atoms with Crippen molar-refractivity contribution in [1.82, 2.24) is 0 Å². The second-order valence-electron chi connectivity index (χ2n) is 5.47. The van der Waals surface area contributed by atoms with E-state index in [1.807, 2.05) is 54.6 Å². The Balaban J connectivity index is 1.92. The van der Waals surface area contributed by atoms with Gasteiger partial charge in [-0.2, -0.15) is 5.26 Å². The maximum absolute atomic E-state index is 10.9. The monoisotopic (exact) mass is 326 g/mol. The summed E-state index contributed by atoms with van der Waals surface area (Å²) in [4.78, 5) is 10.4. The van der Waals surface area contributed by atoms with Crippen LogP contribution in [0.15, 0.2) is 78.9 Å². The molecule has 120 valence electrons. The molecule has 0 bridgehead atoms. The van der Waals surface area contributed by atoms with Gasteiger partial charge in [0.25, 0.3) is 5.69 Å². The van der Waals surface area contributed by atoms with E-state index in [4.69, 9.17) is 0 Å². The Morgan fingerprint density at radius 2 is 1.60 bits per heavy atom. The molecule has 3 aromatic carbocycles. The molecule has 0 fully saturated rings. The topological polar surface area (TPSA) is 66.9 Å². The molecule has 0 amide bonds. The first-order chi connectivity index (χ1) is 12.2. The lowest BCUT2D eigenvalue weighted by atomic mass is 10.0. The van der Waals surface area contributed by atoms with Gasteiger partial charge in [-0.05, 0) is 28.3 Å². The summed E-state index contributed by atoms with van der Waals surface area (Å²) < 4.78 is 0. The summed E-state index contributed by atoms with van der Waals surface area (Å²) in [6.07, 6.45) is 1.73. The minimum absolute atomic E-state index is 0.0296. The number of nitro groups is 1. The Labute approximate surface area is 145 Å². The molecular weight excluding hydrogens is 312 g/mol. The molecule has 4 nitrogen and oxygen atoms in total.